The first-order chi connectivity index (χ1) is 11.2. The van der Waals surface area contributed by atoms with Gasteiger partial charge < -0.3 is 15.4 Å². The number of carbonyl (C=O) groups is 1. The van der Waals surface area contributed by atoms with Crippen molar-refractivity contribution in [1.29, 1.82) is 0 Å². The van der Waals surface area contributed by atoms with E-state index in [1.54, 1.807) is 18.3 Å². The molecule has 0 atom stereocenters. The molecule has 0 bridgehead atoms. The van der Waals surface area contributed by atoms with Gasteiger partial charge in [-0.3, -0.25) is 4.79 Å². The van der Waals surface area contributed by atoms with Gasteiger partial charge in [0.1, 0.15) is 5.82 Å². The summed E-state index contributed by atoms with van der Waals surface area (Å²) in [5, 5.41) is 6.23. The second-order valence-corrected chi connectivity index (χ2v) is 5.28. The standard InChI is InChI=1S/C16H17FN4O2/c1-23-15(22)6-10-2-3-12(7-13(10)17)20-16-19-8-11-4-5-18-9-14(11)21-16/h2-3,7-8,18H,4-6,9H2,1H3,(H,19,20,21). The monoisotopic (exact) mass is 316 g/mol. The number of ether oxygens (including phenoxy) is 1. The van der Waals surface area contributed by atoms with Crippen LogP contribution in [0.1, 0.15) is 16.8 Å². The Hall–Kier alpha value is -2.54. The molecule has 23 heavy (non-hydrogen) atoms. The lowest BCUT2D eigenvalue weighted by Crippen LogP contribution is -2.25. The fourth-order valence-corrected chi connectivity index (χ4v) is 2.42. The van der Waals surface area contributed by atoms with Gasteiger partial charge >= 0.3 is 5.97 Å². The molecule has 0 saturated heterocycles. The number of methoxy groups -OCH3 is 1. The highest BCUT2D eigenvalue weighted by Gasteiger charge is 2.13. The van der Waals surface area contributed by atoms with E-state index in [1.807, 2.05) is 0 Å². The van der Waals surface area contributed by atoms with Gasteiger partial charge in [-0.25, -0.2) is 14.4 Å². The highest BCUT2D eigenvalue weighted by Crippen LogP contribution is 2.19. The predicted molar refractivity (Wildman–Crippen MR) is 82.8 cm³/mol. The number of rotatable bonds is 4. The average molecular weight is 316 g/mol. The van der Waals surface area contributed by atoms with Crippen LogP contribution in [-0.2, 0) is 28.9 Å². The van der Waals surface area contributed by atoms with E-state index < -0.39 is 11.8 Å². The third kappa shape index (κ3) is 3.62. The van der Waals surface area contributed by atoms with Gasteiger partial charge in [0.2, 0.25) is 5.95 Å². The maximum atomic E-state index is 14.0. The molecule has 0 saturated carbocycles. The number of hydrogen-bond donors (Lipinski definition) is 2. The minimum absolute atomic E-state index is 0.0936. The molecule has 2 N–H and O–H groups in total. The quantitative estimate of drug-likeness (QED) is 0.837. The van der Waals surface area contributed by atoms with E-state index in [4.69, 9.17) is 0 Å². The Morgan fingerprint density at radius 1 is 1.48 bits per heavy atom. The van der Waals surface area contributed by atoms with Crippen molar-refractivity contribution in [2.75, 3.05) is 19.0 Å². The van der Waals surface area contributed by atoms with Crippen molar-refractivity contribution in [3.05, 3.63) is 47.0 Å². The fraction of sp³-hybridized carbons (Fsp3) is 0.312. The van der Waals surface area contributed by atoms with Crippen LogP contribution in [0.2, 0.25) is 0 Å². The maximum Gasteiger partial charge on any atom is 0.310 e. The van der Waals surface area contributed by atoms with Crippen molar-refractivity contribution in [3.63, 3.8) is 0 Å². The van der Waals surface area contributed by atoms with E-state index in [-0.39, 0.29) is 12.0 Å². The second kappa shape index (κ2) is 6.70. The van der Waals surface area contributed by atoms with Crippen molar-refractivity contribution in [1.82, 2.24) is 15.3 Å². The summed E-state index contributed by atoms with van der Waals surface area (Å²) in [5.41, 5.74) is 2.91. The number of halogens is 1. The summed E-state index contributed by atoms with van der Waals surface area (Å²) in [5.74, 6) is -0.525. The van der Waals surface area contributed by atoms with Gasteiger partial charge in [-0.15, -0.1) is 0 Å². The molecule has 2 heterocycles. The molecular weight excluding hydrogens is 299 g/mol. The van der Waals surface area contributed by atoms with Crippen molar-refractivity contribution < 1.29 is 13.9 Å². The smallest absolute Gasteiger partial charge is 0.310 e. The number of aromatic nitrogens is 2. The summed E-state index contributed by atoms with van der Waals surface area (Å²) in [7, 11) is 1.28. The van der Waals surface area contributed by atoms with E-state index >= 15 is 0 Å². The zero-order valence-corrected chi connectivity index (χ0v) is 12.7. The average Bonchev–Trinajstić information content (AvgIpc) is 2.57. The van der Waals surface area contributed by atoms with Crippen molar-refractivity contribution in [2.45, 2.75) is 19.4 Å². The van der Waals surface area contributed by atoms with E-state index in [0.29, 0.717) is 18.2 Å². The molecule has 2 aromatic rings. The number of fused-ring (bicyclic) bond motifs is 1. The first-order valence-corrected chi connectivity index (χ1v) is 7.33. The molecule has 0 aliphatic carbocycles. The van der Waals surface area contributed by atoms with Gasteiger partial charge in [-0.1, -0.05) is 6.07 Å². The number of benzene rings is 1. The summed E-state index contributed by atoms with van der Waals surface area (Å²) in [4.78, 5) is 19.9. The Bertz CT molecular complexity index is 736. The Morgan fingerprint density at radius 2 is 2.35 bits per heavy atom. The molecule has 0 unspecified atom stereocenters. The second-order valence-electron chi connectivity index (χ2n) is 5.28. The minimum atomic E-state index is -0.477. The number of carbonyl (C=O) groups excluding carboxylic acids is 1. The van der Waals surface area contributed by atoms with Gasteiger partial charge in [-0.05, 0) is 36.2 Å². The third-order valence-corrected chi connectivity index (χ3v) is 3.69. The van der Waals surface area contributed by atoms with Gasteiger partial charge in [0.05, 0.1) is 19.2 Å². The molecular formula is C16H17FN4O2. The number of hydrogen-bond acceptors (Lipinski definition) is 6. The van der Waals surface area contributed by atoms with Crippen LogP contribution in [0.4, 0.5) is 16.0 Å². The van der Waals surface area contributed by atoms with Gasteiger partial charge in [-0.2, -0.15) is 0 Å². The first-order valence-electron chi connectivity index (χ1n) is 7.33. The number of nitrogens with one attached hydrogen (secondary N) is 2. The Morgan fingerprint density at radius 3 is 3.13 bits per heavy atom. The lowest BCUT2D eigenvalue weighted by molar-refractivity contribution is -0.139. The van der Waals surface area contributed by atoms with Crippen LogP contribution in [-0.4, -0.2) is 29.6 Å². The summed E-state index contributed by atoms with van der Waals surface area (Å²) in [6.45, 7) is 1.63. The topological polar surface area (TPSA) is 76.1 Å². The zero-order valence-electron chi connectivity index (χ0n) is 12.7. The van der Waals surface area contributed by atoms with Crippen LogP contribution < -0.4 is 10.6 Å². The van der Waals surface area contributed by atoms with Gasteiger partial charge in [0.15, 0.2) is 0 Å². The van der Waals surface area contributed by atoms with Crippen molar-refractivity contribution in [2.24, 2.45) is 0 Å². The van der Waals surface area contributed by atoms with E-state index in [2.05, 4.69) is 25.3 Å². The lowest BCUT2D eigenvalue weighted by Gasteiger charge is -2.16. The first kappa shape index (κ1) is 15.4. The van der Waals surface area contributed by atoms with Gasteiger partial charge in [0, 0.05) is 18.4 Å². The Kier molecular flexibility index (Phi) is 4.47. The highest BCUT2D eigenvalue weighted by atomic mass is 19.1. The van der Waals surface area contributed by atoms with E-state index in [9.17, 15) is 9.18 Å². The molecule has 6 nitrogen and oxygen atoms in total. The highest BCUT2D eigenvalue weighted by molar-refractivity contribution is 5.72. The summed E-state index contributed by atoms with van der Waals surface area (Å²) >= 11 is 0. The molecule has 3 rings (SSSR count). The van der Waals surface area contributed by atoms with Crippen LogP contribution >= 0.6 is 0 Å². The summed E-state index contributed by atoms with van der Waals surface area (Å²) < 4.78 is 18.6. The van der Waals surface area contributed by atoms with Crippen LogP contribution in [0, 0.1) is 5.82 Å². The summed E-state index contributed by atoms with van der Waals surface area (Å²) in [6, 6.07) is 4.55. The van der Waals surface area contributed by atoms with E-state index in [1.165, 1.54) is 13.2 Å². The lowest BCUT2D eigenvalue weighted by atomic mass is 10.1. The zero-order chi connectivity index (χ0) is 16.2. The normalized spacial score (nSPS) is 13.3. The predicted octanol–water partition coefficient (Wildman–Crippen LogP) is 1.72. The van der Waals surface area contributed by atoms with Crippen LogP contribution in [0.15, 0.2) is 24.4 Å². The number of nitrogens with zero attached hydrogens (tertiary/aromatic N) is 2. The number of esters is 1. The Labute approximate surface area is 133 Å². The van der Waals surface area contributed by atoms with Crippen LogP contribution in [0.25, 0.3) is 0 Å². The Balaban J connectivity index is 1.75. The van der Waals surface area contributed by atoms with Crippen molar-refractivity contribution >= 4 is 17.6 Å². The van der Waals surface area contributed by atoms with Crippen molar-refractivity contribution in [3.8, 4) is 0 Å². The van der Waals surface area contributed by atoms with E-state index in [0.717, 1.165) is 24.2 Å². The van der Waals surface area contributed by atoms with Crippen LogP contribution in [0.5, 0.6) is 0 Å². The molecule has 0 amide bonds. The fourth-order valence-electron chi connectivity index (χ4n) is 2.42. The minimum Gasteiger partial charge on any atom is -0.469 e. The van der Waals surface area contributed by atoms with Crippen LogP contribution in [0.3, 0.4) is 0 Å². The van der Waals surface area contributed by atoms with Gasteiger partial charge in [0.25, 0.3) is 0 Å². The molecule has 0 fully saturated rings. The largest absolute Gasteiger partial charge is 0.469 e. The number of anilines is 2. The third-order valence-electron chi connectivity index (χ3n) is 3.69. The molecule has 1 aliphatic rings. The molecule has 7 heteroatoms. The maximum absolute atomic E-state index is 14.0. The molecule has 1 aromatic heterocycles. The SMILES string of the molecule is COC(=O)Cc1ccc(Nc2ncc3c(n2)CNCC3)cc1F. The molecule has 1 aromatic carbocycles. The molecule has 0 spiro atoms. The molecule has 0 radical (unpaired) electrons. The molecule has 1 aliphatic heterocycles. The summed E-state index contributed by atoms with van der Waals surface area (Å²) in [6.07, 6.45) is 2.61. The molecule has 120 valence electrons.